The lowest BCUT2D eigenvalue weighted by Crippen LogP contribution is -2.37. The number of halogens is 3. The number of hydrogen-bond donors (Lipinski definition) is 2. The van der Waals surface area contributed by atoms with E-state index in [0.717, 1.165) is 10.8 Å². The summed E-state index contributed by atoms with van der Waals surface area (Å²) in [6.45, 7) is 1.05. The van der Waals surface area contributed by atoms with Crippen molar-refractivity contribution in [3.05, 3.63) is 18.5 Å². The number of nitrogens with one attached hydrogen (secondary N) is 2. The molecule has 1 aliphatic rings. The number of anilines is 1. The van der Waals surface area contributed by atoms with Gasteiger partial charge in [0.05, 0.1) is 18.0 Å². The number of aromatic nitrogens is 5. The van der Waals surface area contributed by atoms with Crippen LogP contribution in [0.1, 0.15) is 19.3 Å². The summed E-state index contributed by atoms with van der Waals surface area (Å²) in [7, 11) is 0. The molecule has 8 nitrogen and oxygen atoms in total. The SMILES string of the molecule is O=C(CCC(F)(F)F)NC1CCN(c2nncc3nnc4[nH]ccc4c23)C1. The van der Waals surface area contributed by atoms with Gasteiger partial charge in [0.1, 0.15) is 5.52 Å². The van der Waals surface area contributed by atoms with Gasteiger partial charge in [-0.05, 0) is 12.5 Å². The molecule has 1 saturated heterocycles. The average Bonchev–Trinajstić information content (AvgIpc) is 3.28. The lowest BCUT2D eigenvalue weighted by molar-refractivity contribution is -0.144. The summed E-state index contributed by atoms with van der Waals surface area (Å²) in [6.07, 6.45) is -2.10. The van der Waals surface area contributed by atoms with Crippen molar-refractivity contribution in [3.8, 4) is 0 Å². The fourth-order valence-electron chi connectivity index (χ4n) is 3.30. The first-order valence-corrected chi connectivity index (χ1v) is 8.47. The van der Waals surface area contributed by atoms with Crippen LogP contribution in [0.15, 0.2) is 18.5 Å². The summed E-state index contributed by atoms with van der Waals surface area (Å²) in [4.78, 5) is 16.7. The Hall–Kier alpha value is -2.98. The Kier molecular flexibility index (Phi) is 4.28. The van der Waals surface area contributed by atoms with Crippen molar-refractivity contribution in [1.82, 2.24) is 30.7 Å². The Balaban J connectivity index is 1.51. The maximum atomic E-state index is 12.2. The number of aromatic amines is 1. The van der Waals surface area contributed by atoms with Gasteiger partial charge >= 0.3 is 6.18 Å². The summed E-state index contributed by atoms with van der Waals surface area (Å²) in [5.41, 5.74) is 1.23. The van der Waals surface area contributed by atoms with E-state index in [9.17, 15) is 18.0 Å². The molecule has 0 saturated carbocycles. The zero-order valence-electron chi connectivity index (χ0n) is 14.1. The highest BCUT2D eigenvalue weighted by Gasteiger charge is 2.30. The Morgan fingerprint density at radius 1 is 1.33 bits per heavy atom. The number of carbonyl (C=O) groups excluding carboxylic acids is 1. The van der Waals surface area contributed by atoms with E-state index in [-0.39, 0.29) is 6.04 Å². The molecule has 2 N–H and O–H groups in total. The van der Waals surface area contributed by atoms with Crippen LogP contribution in [0, 0.1) is 0 Å². The van der Waals surface area contributed by atoms with Gasteiger partial charge in [0.2, 0.25) is 5.91 Å². The second-order valence-corrected chi connectivity index (χ2v) is 6.48. The molecule has 0 spiro atoms. The number of carbonyl (C=O) groups is 1. The largest absolute Gasteiger partial charge is 0.389 e. The fraction of sp³-hybridized carbons (Fsp3) is 0.438. The van der Waals surface area contributed by atoms with Gasteiger partial charge in [0.15, 0.2) is 11.5 Å². The molecule has 0 aromatic carbocycles. The molecule has 4 heterocycles. The molecule has 0 radical (unpaired) electrons. The molecule has 1 amide bonds. The van der Waals surface area contributed by atoms with E-state index in [0.29, 0.717) is 36.5 Å². The van der Waals surface area contributed by atoms with Gasteiger partial charge in [0.25, 0.3) is 0 Å². The van der Waals surface area contributed by atoms with Crippen LogP contribution in [0.5, 0.6) is 0 Å². The van der Waals surface area contributed by atoms with Crippen LogP contribution in [0.2, 0.25) is 0 Å². The lowest BCUT2D eigenvalue weighted by atomic mass is 10.2. The number of hydrogen-bond acceptors (Lipinski definition) is 6. The molecule has 1 atom stereocenters. The summed E-state index contributed by atoms with van der Waals surface area (Å²) in [5.74, 6) is 0.0288. The van der Waals surface area contributed by atoms with E-state index in [1.54, 1.807) is 6.20 Å². The van der Waals surface area contributed by atoms with Crippen molar-refractivity contribution in [1.29, 1.82) is 0 Å². The summed E-state index contributed by atoms with van der Waals surface area (Å²) >= 11 is 0. The van der Waals surface area contributed by atoms with Crippen molar-refractivity contribution in [2.75, 3.05) is 18.0 Å². The van der Waals surface area contributed by atoms with E-state index >= 15 is 0 Å². The van der Waals surface area contributed by atoms with Crippen LogP contribution in [0.25, 0.3) is 21.9 Å². The second-order valence-electron chi connectivity index (χ2n) is 6.48. The number of alkyl halides is 3. The Labute approximate surface area is 151 Å². The third-order valence-corrected chi connectivity index (χ3v) is 4.55. The predicted octanol–water partition coefficient (Wildman–Crippen LogP) is 1.94. The highest BCUT2D eigenvalue weighted by Crippen LogP contribution is 2.30. The van der Waals surface area contributed by atoms with Gasteiger partial charge < -0.3 is 15.2 Å². The first-order chi connectivity index (χ1) is 12.9. The highest BCUT2D eigenvalue weighted by atomic mass is 19.4. The number of rotatable bonds is 4. The average molecular weight is 379 g/mol. The molecule has 1 unspecified atom stereocenters. The van der Waals surface area contributed by atoms with Crippen molar-refractivity contribution >= 4 is 33.7 Å². The van der Waals surface area contributed by atoms with Crippen molar-refractivity contribution in [2.45, 2.75) is 31.5 Å². The first-order valence-electron chi connectivity index (χ1n) is 8.47. The monoisotopic (exact) mass is 379 g/mol. The standard InChI is InChI=1S/C16H16F3N7O/c17-16(18,19)4-1-12(27)22-9-3-6-26(8-9)15-13-10-2-5-20-14(10)24-23-11(13)7-21-25-15/h2,5,7,9H,1,3-4,6,8H2,(H,20,24)(H,22,27). The Bertz CT molecular complexity index is 987. The first kappa shape index (κ1) is 17.4. The van der Waals surface area contributed by atoms with Gasteiger partial charge in [-0.15, -0.1) is 15.3 Å². The summed E-state index contributed by atoms with van der Waals surface area (Å²) in [6, 6.07) is 1.64. The highest BCUT2D eigenvalue weighted by molar-refractivity contribution is 6.08. The third-order valence-electron chi connectivity index (χ3n) is 4.55. The molecule has 3 aromatic rings. The van der Waals surface area contributed by atoms with Crippen molar-refractivity contribution < 1.29 is 18.0 Å². The van der Waals surface area contributed by atoms with Crippen molar-refractivity contribution in [2.24, 2.45) is 0 Å². The molecular weight excluding hydrogens is 363 g/mol. The normalized spacial score (nSPS) is 17.7. The number of nitrogens with zero attached hydrogens (tertiary/aromatic N) is 5. The number of H-pyrrole nitrogens is 1. The van der Waals surface area contributed by atoms with Gasteiger partial charge in [-0.2, -0.15) is 18.3 Å². The molecule has 4 rings (SSSR count). The minimum absolute atomic E-state index is 0.237. The Morgan fingerprint density at radius 2 is 2.19 bits per heavy atom. The number of amides is 1. The quantitative estimate of drug-likeness (QED) is 0.719. The van der Waals surface area contributed by atoms with E-state index in [4.69, 9.17) is 0 Å². The molecule has 1 aliphatic heterocycles. The van der Waals surface area contributed by atoms with E-state index in [1.807, 2.05) is 11.0 Å². The van der Waals surface area contributed by atoms with Gasteiger partial charge in [-0.1, -0.05) is 0 Å². The minimum Gasteiger partial charge on any atom is -0.352 e. The van der Waals surface area contributed by atoms with Crippen LogP contribution in [0.3, 0.4) is 0 Å². The van der Waals surface area contributed by atoms with Crippen molar-refractivity contribution in [3.63, 3.8) is 0 Å². The lowest BCUT2D eigenvalue weighted by Gasteiger charge is -2.19. The molecule has 0 bridgehead atoms. The van der Waals surface area contributed by atoms with E-state index < -0.39 is 24.9 Å². The minimum atomic E-state index is -4.33. The molecule has 3 aromatic heterocycles. The smallest absolute Gasteiger partial charge is 0.352 e. The van der Waals surface area contributed by atoms with Crippen LogP contribution in [0.4, 0.5) is 19.0 Å². The van der Waals surface area contributed by atoms with Gasteiger partial charge in [-0.25, -0.2) is 0 Å². The van der Waals surface area contributed by atoms with E-state index in [1.165, 1.54) is 6.20 Å². The van der Waals surface area contributed by atoms with Crippen LogP contribution >= 0.6 is 0 Å². The summed E-state index contributed by atoms with van der Waals surface area (Å²) < 4.78 is 36.7. The molecule has 27 heavy (non-hydrogen) atoms. The molecule has 142 valence electrons. The zero-order valence-corrected chi connectivity index (χ0v) is 14.1. The topological polar surface area (TPSA) is 99.7 Å². The maximum absolute atomic E-state index is 12.2. The Morgan fingerprint density at radius 3 is 3.00 bits per heavy atom. The molecule has 11 heteroatoms. The summed E-state index contributed by atoms with van der Waals surface area (Å²) in [5, 5.41) is 20.8. The van der Waals surface area contributed by atoms with Crippen LogP contribution in [-0.4, -0.2) is 56.6 Å². The van der Waals surface area contributed by atoms with E-state index in [2.05, 4.69) is 30.7 Å². The fourth-order valence-corrected chi connectivity index (χ4v) is 3.30. The van der Waals surface area contributed by atoms with Gasteiger partial charge in [-0.3, -0.25) is 4.79 Å². The number of fused-ring (bicyclic) bond motifs is 3. The zero-order chi connectivity index (χ0) is 19.0. The van der Waals surface area contributed by atoms with Crippen LogP contribution < -0.4 is 10.2 Å². The predicted molar refractivity (Wildman–Crippen MR) is 91.0 cm³/mol. The molecule has 1 fully saturated rings. The van der Waals surface area contributed by atoms with Crippen LogP contribution in [-0.2, 0) is 4.79 Å². The van der Waals surface area contributed by atoms with Gasteiger partial charge in [0, 0.05) is 37.1 Å². The molecular formula is C16H16F3N7O. The maximum Gasteiger partial charge on any atom is 0.389 e. The second kappa shape index (κ2) is 6.63. The third kappa shape index (κ3) is 3.62. The molecule has 0 aliphatic carbocycles.